The molecular formula is C16H20N4O3. The summed E-state index contributed by atoms with van der Waals surface area (Å²) < 4.78 is 11.0. The summed E-state index contributed by atoms with van der Waals surface area (Å²) in [5, 5.41) is 9.68. The van der Waals surface area contributed by atoms with Gasteiger partial charge in [0.15, 0.2) is 5.82 Å². The standard InChI is InChI=1S/C16H20N4O3/c1-10-12(4-3-5-13(10)22-2)16(21)17-8-11-6-7-23-14(11)15-18-9-19-20-15/h3-5,9,11,14H,6-8H2,1-2H3,(H,17,21)(H,18,19,20)/t11-,14-/m0/s1. The predicted octanol–water partition coefficient (Wildman–Crippen LogP) is 1.63. The average Bonchev–Trinajstić information content (AvgIpc) is 3.23. The van der Waals surface area contributed by atoms with Crippen LogP contribution >= 0.6 is 0 Å². The van der Waals surface area contributed by atoms with Gasteiger partial charge in [0.1, 0.15) is 18.2 Å². The molecule has 2 heterocycles. The van der Waals surface area contributed by atoms with E-state index in [1.54, 1.807) is 13.2 Å². The lowest BCUT2D eigenvalue weighted by atomic mass is 10.0. The molecule has 7 nitrogen and oxygen atoms in total. The highest BCUT2D eigenvalue weighted by Crippen LogP contribution is 2.32. The average molecular weight is 316 g/mol. The summed E-state index contributed by atoms with van der Waals surface area (Å²) in [5.74, 6) is 1.49. The SMILES string of the molecule is COc1cccc(C(=O)NC[C@@H]2CCO[C@@H]2c2ncn[nH]2)c1C. The molecule has 0 saturated carbocycles. The number of ether oxygens (including phenoxy) is 2. The number of nitrogens with one attached hydrogen (secondary N) is 2. The topological polar surface area (TPSA) is 89.1 Å². The number of carbonyl (C=O) groups excluding carboxylic acids is 1. The first kappa shape index (κ1) is 15.5. The van der Waals surface area contributed by atoms with Crippen molar-refractivity contribution in [1.29, 1.82) is 0 Å². The highest BCUT2D eigenvalue weighted by Gasteiger charge is 2.32. The lowest BCUT2D eigenvalue weighted by Crippen LogP contribution is -2.31. The zero-order valence-electron chi connectivity index (χ0n) is 13.2. The minimum atomic E-state index is -0.149. The highest BCUT2D eigenvalue weighted by molar-refractivity contribution is 5.96. The molecule has 1 amide bonds. The number of hydrogen-bond acceptors (Lipinski definition) is 5. The summed E-state index contributed by atoms with van der Waals surface area (Å²) >= 11 is 0. The molecule has 1 fully saturated rings. The van der Waals surface area contributed by atoms with Crippen LogP contribution < -0.4 is 10.1 Å². The van der Waals surface area contributed by atoms with Gasteiger partial charge in [0.05, 0.1) is 7.11 Å². The minimum Gasteiger partial charge on any atom is -0.496 e. The number of aromatic amines is 1. The zero-order chi connectivity index (χ0) is 16.2. The Morgan fingerprint density at radius 1 is 1.52 bits per heavy atom. The van der Waals surface area contributed by atoms with E-state index < -0.39 is 0 Å². The van der Waals surface area contributed by atoms with Gasteiger partial charge in [0, 0.05) is 30.2 Å². The molecule has 3 rings (SSSR count). The third-order valence-electron chi connectivity index (χ3n) is 4.19. The Hall–Kier alpha value is -2.41. The van der Waals surface area contributed by atoms with Crippen LogP contribution in [-0.2, 0) is 4.74 Å². The quantitative estimate of drug-likeness (QED) is 0.875. The number of H-pyrrole nitrogens is 1. The van der Waals surface area contributed by atoms with Gasteiger partial charge in [-0.1, -0.05) is 6.07 Å². The largest absolute Gasteiger partial charge is 0.496 e. The third kappa shape index (κ3) is 3.19. The Labute approximate surface area is 134 Å². The van der Waals surface area contributed by atoms with Crippen LogP contribution in [0.1, 0.15) is 34.3 Å². The lowest BCUT2D eigenvalue weighted by molar-refractivity contribution is 0.0798. The number of amides is 1. The number of aromatic nitrogens is 3. The number of hydrogen-bond donors (Lipinski definition) is 2. The molecule has 2 aromatic rings. The molecule has 0 radical (unpaired) electrons. The fraction of sp³-hybridized carbons (Fsp3) is 0.438. The van der Waals surface area contributed by atoms with E-state index in [-0.39, 0.29) is 17.9 Å². The van der Waals surface area contributed by atoms with Gasteiger partial charge >= 0.3 is 0 Å². The first-order chi connectivity index (χ1) is 11.2. The fourth-order valence-electron chi connectivity index (χ4n) is 2.90. The molecule has 0 spiro atoms. The summed E-state index contributed by atoms with van der Waals surface area (Å²) in [7, 11) is 1.60. The molecule has 0 bridgehead atoms. The molecule has 1 saturated heterocycles. The number of methoxy groups -OCH3 is 1. The van der Waals surface area contributed by atoms with Gasteiger partial charge in [-0.25, -0.2) is 4.98 Å². The van der Waals surface area contributed by atoms with Crippen molar-refractivity contribution >= 4 is 5.91 Å². The number of carbonyl (C=O) groups is 1. The smallest absolute Gasteiger partial charge is 0.251 e. The van der Waals surface area contributed by atoms with Crippen molar-refractivity contribution in [1.82, 2.24) is 20.5 Å². The van der Waals surface area contributed by atoms with Gasteiger partial charge in [-0.2, -0.15) is 5.10 Å². The van der Waals surface area contributed by atoms with E-state index in [0.717, 1.165) is 12.0 Å². The predicted molar refractivity (Wildman–Crippen MR) is 83.2 cm³/mol. The van der Waals surface area contributed by atoms with Crippen LogP contribution in [0.5, 0.6) is 5.75 Å². The van der Waals surface area contributed by atoms with Crippen LogP contribution in [-0.4, -0.2) is 41.3 Å². The number of benzene rings is 1. The van der Waals surface area contributed by atoms with Crippen molar-refractivity contribution in [3.63, 3.8) is 0 Å². The molecule has 1 aliphatic heterocycles. The van der Waals surface area contributed by atoms with E-state index in [1.165, 1.54) is 6.33 Å². The summed E-state index contributed by atoms with van der Waals surface area (Å²) in [4.78, 5) is 16.6. The van der Waals surface area contributed by atoms with Crippen molar-refractivity contribution in [2.75, 3.05) is 20.3 Å². The highest BCUT2D eigenvalue weighted by atomic mass is 16.5. The molecule has 1 aromatic carbocycles. The molecule has 7 heteroatoms. The molecule has 122 valence electrons. The second-order valence-electron chi connectivity index (χ2n) is 5.55. The van der Waals surface area contributed by atoms with Crippen molar-refractivity contribution < 1.29 is 14.3 Å². The Bertz CT molecular complexity index is 672. The van der Waals surface area contributed by atoms with Crippen LogP contribution in [0, 0.1) is 12.8 Å². The van der Waals surface area contributed by atoms with Gasteiger partial charge < -0.3 is 14.8 Å². The van der Waals surface area contributed by atoms with Crippen LogP contribution in [0.3, 0.4) is 0 Å². The molecule has 1 aromatic heterocycles. The number of nitrogens with zero attached hydrogens (tertiary/aromatic N) is 2. The number of rotatable bonds is 5. The zero-order valence-corrected chi connectivity index (χ0v) is 13.2. The molecule has 0 unspecified atom stereocenters. The van der Waals surface area contributed by atoms with E-state index in [1.807, 2.05) is 19.1 Å². The van der Waals surface area contributed by atoms with E-state index in [2.05, 4.69) is 20.5 Å². The van der Waals surface area contributed by atoms with E-state index in [0.29, 0.717) is 30.3 Å². The molecule has 0 aliphatic carbocycles. The molecule has 2 N–H and O–H groups in total. The van der Waals surface area contributed by atoms with Crippen molar-refractivity contribution in [3.8, 4) is 5.75 Å². The maximum atomic E-state index is 12.4. The van der Waals surface area contributed by atoms with Gasteiger partial charge in [-0.05, 0) is 25.5 Å². The lowest BCUT2D eigenvalue weighted by Gasteiger charge is -2.17. The van der Waals surface area contributed by atoms with E-state index in [4.69, 9.17) is 9.47 Å². The molecule has 23 heavy (non-hydrogen) atoms. The second-order valence-corrected chi connectivity index (χ2v) is 5.55. The first-order valence-corrected chi connectivity index (χ1v) is 7.59. The Kier molecular flexibility index (Phi) is 4.57. The normalized spacial score (nSPS) is 20.4. The fourth-order valence-corrected chi connectivity index (χ4v) is 2.90. The minimum absolute atomic E-state index is 0.107. The van der Waals surface area contributed by atoms with Gasteiger partial charge in [-0.3, -0.25) is 9.89 Å². The van der Waals surface area contributed by atoms with Gasteiger partial charge in [0.2, 0.25) is 0 Å². The Morgan fingerprint density at radius 2 is 2.39 bits per heavy atom. The van der Waals surface area contributed by atoms with Gasteiger partial charge in [0.25, 0.3) is 5.91 Å². The molecule has 1 aliphatic rings. The monoisotopic (exact) mass is 316 g/mol. The maximum Gasteiger partial charge on any atom is 0.251 e. The Balaban J connectivity index is 1.65. The second kappa shape index (κ2) is 6.78. The van der Waals surface area contributed by atoms with E-state index in [9.17, 15) is 4.79 Å². The Morgan fingerprint density at radius 3 is 3.13 bits per heavy atom. The summed E-state index contributed by atoms with van der Waals surface area (Å²) in [6.07, 6.45) is 2.19. The van der Waals surface area contributed by atoms with Gasteiger partial charge in [-0.15, -0.1) is 0 Å². The summed E-state index contributed by atoms with van der Waals surface area (Å²) in [6.45, 7) is 3.06. The van der Waals surface area contributed by atoms with Crippen LogP contribution in [0.15, 0.2) is 24.5 Å². The van der Waals surface area contributed by atoms with Crippen molar-refractivity contribution in [2.24, 2.45) is 5.92 Å². The summed E-state index contributed by atoms with van der Waals surface area (Å²) in [6, 6.07) is 5.46. The van der Waals surface area contributed by atoms with Crippen molar-refractivity contribution in [2.45, 2.75) is 19.4 Å². The first-order valence-electron chi connectivity index (χ1n) is 7.59. The van der Waals surface area contributed by atoms with E-state index >= 15 is 0 Å². The summed E-state index contributed by atoms with van der Waals surface area (Å²) in [5.41, 5.74) is 1.46. The molecular weight excluding hydrogens is 296 g/mol. The van der Waals surface area contributed by atoms with Crippen LogP contribution in [0.25, 0.3) is 0 Å². The van der Waals surface area contributed by atoms with Crippen LogP contribution in [0.4, 0.5) is 0 Å². The maximum absolute atomic E-state index is 12.4. The van der Waals surface area contributed by atoms with Crippen LogP contribution in [0.2, 0.25) is 0 Å². The third-order valence-corrected chi connectivity index (χ3v) is 4.19. The van der Waals surface area contributed by atoms with Crippen molar-refractivity contribution in [3.05, 3.63) is 41.5 Å². The molecule has 2 atom stereocenters.